The SMILES string of the molecule is C=C1C[C@]23C[C@@]1(O)CCC2C12C=C[C@H](O)[C@](C)(C(=O)O1)C2C3C(=O)O.C=C1C[C@]23C[C@@]1(O)CC[C@H]2[C@@]12CC[C@H](O)[C@](C)(C(=O)O1)[C@H]2[C@@H]3C(=O)O. The summed E-state index contributed by atoms with van der Waals surface area (Å²) in [5.41, 5.74) is -6.22. The molecule has 7 saturated carbocycles. The Hall–Kier alpha value is -3.06. The number of aliphatic hydroxyl groups is 4. The van der Waals surface area contributed by atoms with Gasteiger partial charge >= 0.3 is 23.9 Å². The molecule has 16 atom stereocenters. The fraction of sp³-hybridized carbons (Fsp3) is 0.737. The maximum Gasteiger partial charge on any atom is 0.316 e. The van der Waals surface area contributed by atoms with E-state index in [0.29, 0.717) is 75.4 Å². The molecule has 6 N–H and O–H groups in total. The smallest absolute Gasteiger partial charge is 0.316 e. The molecular weight excluding hydrogens is 648 g/mol. The Bertz CT molecular complexity index is 1750. The molecule has 0 amide bonds. The van der Waals surface area contributed by atoms with Gasteiger partial charge in [0.05, 0.1) is 40.7 Å². The summed E-state index contributed by atoms with van der Waals surface area (Å²) in [5.74, 6) is -6.04. The second kappa shape index (κ2) is 9.11. The molecule has 0 aromatic rings. The Labute approximate surface area is 289 Å². The summed E-state index contributed by atoms with van der Waals surface area (Å²) >= 11 is 0. The van der Waals surface area contributed by atoms with Gasteiger partial charge in [-0.2, -0.15) is 0 Å². The molecule has 8 aliphatic carbocycles. The van der Waals surface area contributed by atoms with Gasteiger partial charge in [0.15, 0.2) is 0 Å². The number of carbonyl (C=O) groups excluding carboxylic acids is 2. The van der Waals surface area contributed by atoms with Crippen LogP contribution >= 0.6 is 0 Å². The molecule has 0 aromatic heterocycles. The molecule has 10 rings (SSSR count). The fourth-order valence-electron chi connectivity index (χ4n) is 14.8. The summed E-state index contributed by atoms with van der Waals surface area (Å²) in [6.45, 7) is 11.4. The number of rotatable bonds is 2. The molecule has 8 bridgehead atoms. The molecule has 12 nitrogen and oxygen atoms in total. The van der Waals surface area contributed by atoms with Crippen molar-refractivity contribution in [2.24, 2.45) is 57.2 Å². The molecule has 9 fully saturated rings. The lowest BCUT2D eigenvalue weighted by Gasteiger charge is -2.45. The maximum atomic E-state index is 12.7. The molecule has 270 valence electrons. The van der Waals surface area contributed by atoms with Gasteiger partial charge in [-0.3, -0.25) is 19.2 Å². The number of hydrogen-bond acceptors (Lipinski definition) is 10. The van der Waals surface area contributed by atoms with Gasteiger partial charge in [-0.05, 0) is 106 Å². The van der Waals surface area contributed by atoms with Crippen molar-refractivity contribution in [3.05, 3.63) is 36.5 Å². The van der Waals surface area contributed by atoms with E-state index in [1.807, 2.05) is 0 Å². The van der Waals surface area contributed by atoms with Crippen molar-refractivity contribution >= 4 is 23.9 Å². The summed E-state index contributed by atoms with van der Waals surface area (Å²) in [6.07, 6.45) is 6.19. The first-order valence-corrected chi connectivity index (χ1v) is 18.0. The van der Waals surface area contributed by atoms with Crippen LogP contribution in [0.4, 0.5) is 0 Å². The summed E-state index contributed by atoms with van der Waals surface area (Å²) < 4.78 is 11.8. The van der Waals surface area contributed by atoms with Crippen molar-refractivity contribution in [2.75, 3.05) is 0 Å². The van der Waals surface area contributed by atoms with Gasteiger partial charge in [-0.25, -0.2) is 0 Å². The molecule has 2 heterocycles. The molecule has 50 heavy (non-hydrogen) atoms. The van der Waals surface area contributed by atoms with Crippen molar-refractivity contribution in [3.8, 4) is 0 Å². The predicted octanol–water partition coefficient (Wildman–Crippen LogP) is 2.28. The van der Waals surface area contributed by atoms with E-state index in [4.69, 9.17) is 9.47 Å². The van der Waals surface area contributed by atoms with Crippen LogP contribution in [0.25, 0.3) is 0 Å². The largest absolute Gasteiger partial charge is 0.481 e. The first kappa shape index (κ1) is 32.8. The zero-order chi connectivity index (χ0) is 36.0. The molecule has 2 aliphatic heterocycles. The first-order valence-electron chi connectivity index (χ1n) is 18.0. The standard InChI is InChI=1S/C19H24O6.C19H22O6/c2*1-9-7-17-8-18(9,24)5-3-10(17)19-6-4-11(20)16(2,15(23)25-19)13(19)12(17)14(21)22/h10-13,20,24H,1,3-8H2,2H3,(H,21,22);4,6,10-13,20,24H,1,3,5,7-8H2,2H3,(H,21,22)/t10-,11+,12-,13-,16+,17+,18+,19-;10?,11-,12?,13?,16-,17-,18-,19?/m10/s1. The van der Waals surface area contributed by atoms with E-state index in [1.165, 1.54) is 0 Å². The summed E-state index contributed by atoms with van der Waals surface area (Å²) in [7, 11) is 0. The Balaban J connectivity index is 0.000000135. The number of fused-ring (bicyclic) bond motifs is 2. The van der Waals surface area contributed by atoms with E-state index in [1.54, 1.807) is 26.0 Å². The quantitative estimate of drug-likeness (QED) is 0.182. The number of ether oxygens (including phenoxy) is 2. The third kappa shape index (κ3) is 3.19. The molecular formula is C38H46O12. The average Bonchev–Trinajstić information content (AvgIpc) is 3.66. The average molecular weight is 695 g/mol. The lowest BCUT2D eigenvalue weighted by atomic mass is 9.59. The highest BCUT2D eigenvalue weighted by molar-refractivity contribution is 5.87. The molecule has 0 radical (unpaired) electrons. The molecule has 2 spiro atoms. The second-order valence-corrected chi connectivity index (χ2v) is 18.2. The minimum absolute atomic E-state index is 0.0936. The van der Waals surface area contributed by atoms with E-state index in [9.17, 15) is 49.8 Å². The van der Waals surface area contributed by atoms with Crippen LogP contribution in [0.2, 0.25) is 0 Å². The van der Waals surface area contributed by atoms with Crippen molar-refractivity contribution < 1.29 is 59.3 Å². The Morgan fingerprint density at radius 1 is 0.760 bits per heavy atom. The minimum Gasteiger partial charge on any atom is -0.481 e. The number of carboxylic acid groups (broad SMARTS) is 2. The van der Waals surface area contributed by atoms with Crippen molar-refractivity contribution in [1.29, 1.82) is 0 Å². The minimum atomic E-state index is -1.27. The number of carbonyl (C=O) groups is 4. The van der Waals surface area contributed by atoms with E-state index >= 15 is 0 Å². The highest BCUT2D eigenvalue weighted by Gasteiger charge is 2.85. The third-order valence-electron chi connectivity index (χ3n) is 16.7. The van der Waals surface area contributed by atoms with E-state index in [-0.39, 0.29) is 11.8 Å². The lowest BCUT2D eigenvalue weighted by molar-refractivity contribution is -0.165. The molecule has 2 saturated heterocycles. The van der Waals surface area contributed by atoms with Crippen LogP contribution < -0.4 is 0 Å². The van der Waals surface area contributed by atoms with Crippen LogP contribution in [0.3, 0.4) is 0 Å². The van der Waals surface area contributed by atoms with Gasteiger partial charge in [0, 0.05) is 23.7 Å². The number of esters is 2. The topological polar surface area (TPSA) is 208 Å². The maximum absolute atomic E-state index is 12.7. The molecule has 12 heteroatoms. The zero-order valence-corrected chi connectivity index (χ0v) is 28.4. The van der Waals surface area contributed by atoms with Crippen LogP contribution in [0.15, 0.2) is 36.5 Å². The number of aliphatic hydroxyl groups excluding tert-OH is 2. The van der Waals surface area contributed by atoms with Crippen molar-refractivity contribution in [3.63, 3.8) is 0 Å². The first-order chi connectivity index (χ1) is 23.2. The Kier molecular flexibility index (Phi) is 5.98. The van der Waals surface area contributed by atoms with E-state index in [0.717, 1.165) is 0 Å². The lowest BCUT2D eigenvalue weighted by Crippen LogP contribution is -2.53. The fourth-order valence-corrected chi connectivity index (χ4v) is 14.8. The van der Waals surface area contributed by atoms with Gasteiger partial charge < -0.3 is 40.1 Å². The normalized spacial score (nSPS) is 58.4. The molecule has 10 aliphatic rings. The van der Waals surface area contributed by atoms with Crippen LogP contribution in [0.1, 0.15) is 78.1 Å². The third-order valence-corrected chi connectivity index (χ3v) is 16.7. The highest BCUT2D eigenvalue weighted by atomic mass is 16.6. The predicted molar refractivity (Wildman–Crippen MR) is 170 cm³/mol. The Morgan fingerprint density at radius 2 is 1.28 bits per heavy atom. The molecule has 4 unspecified atom stereocenters. The molecule has 0 aromatic carbocycles. The number of hydrogen-bond donors (Lipinski definition) is 6. The van der Waals surface area contributed by atoms with Crippen LogP contribution in [-0.4, -0.2) is 89.1 Å². The van der Waals surface area contributed by atoms with Gasteiger partial charge in [0.25, 0.3) is 0 Å². The van der Waals surface area contributed by atoms with Gasteiger partial charge in [-0.1, -0.05) is 19.2 Å². The van der Waals surface area contributed by atoms with Crippen molar-refractivity contribution in [1.82, 2.24) is 0 Å². The Morgan fingerprint density at radius 3 is 1.86 bits per heavy atom. The monoisotopic (exact) mass is 694 g/mol. The highest BCUT2D eigenvalue weighted by Crippen LogP contribution is 2.79. The summed E-state index contributed by atoms with van der Waals surface area (Å²) in [6, 6.07) is 0. The van der Waals surface area contributed by atoms with Gasteiger partial charge in [0.2, 0.25) is 0 Å². The zero-order valence-electron chi connectivity index (χ0n) is 28.4. The van der Waals surface area contributed by atoms with Gasteiger partial charge in [-0.15, -0.1) is 0 Å². The second-order valence-electron chi connectivity index (χ2n) is 18.2. The van der Waals surface area contributed by atoms with E-state index < -0.39 is 104 Å². The van der Waals surface area contributed by atoms with E-state index in [2.05, 4.69) is 13.2 Å². The number of aliphatic carboxylic acids is 2. The summed E-state index contributed by atoms with van der Waals surface area (Å²) in [5, 5.41) is 63.3. The van der Waals surface area contributed by atoms with Crippen LogP contribution in [0.5, 0.6) is 0 Å². The van der Waals surface area contributed by atoms with Gasteiger partial charge in [0.1, 0.15) is 16.6 Å². The number of carboxylic acids is 2. The van der Waals surface area contributed by atoms with Crippen molar-refractivity contribution in [2.45, 2.75) is 113 Å². The van der Waals surface area contributed by atoms with Crippen LogP contribution in [0, 0.1) is 57.2 Å². The van der Waals surface area contributed by atoms with Crippen LogP contribution in [-0.2, 0) is 28.7 Å². The summed E-state index contributed by atoms with van der Waals surface area (Å²) in [4.78, 5) is 50.2.